The average molecular weight is 416 g/mol. The third-order valence-electron chi connectivity index (χ3n) is 5.37. The van der Waals surface area contributed by atoms with Gasteiger partial charge in [-0.2, -0.15) is 0 Å². The SMILES string of the molecule is COc1cc(CC2=CCc3cccc(-c4ccc(OCC(=O)O)cc4)c32)cc(OC)c1. The third-order valence-corrected chi connectivity index (χ3v) is 5.37. The number of allylic oxidation sites excluding steroid dienone is 2. The van der Waals surface area contributed by atoms with Gasteiger partial charge in [0.25, 0.3) is 0 Å². The maximum absolute atomic E-state index is 10.7. The highest BCUT2D eigenvalue weighted by Crippen LogP contribution is 2.39. The van der Waals surface area contributed by atoms with Crippen LogP contribution in [0.3, 0.4) is 0 Å². The lowest BCUT2D eigenvalue weighted by Crippen LogP contribution is -2.09. The van der Waals surface area contributed by atoms with Crippen LogP contribution in [0.5, 0.6) is 17.2 Å². The molecule has 0 saturated carbocycles. The highest BCUT2D eigenvalue weighted by Gasteiger charge is 2.19. The Kier molecular flexibility index (Phi) is 5.94. The minimum absolute atomic E-state index is 0.350. The number of hydrogen-bond donors (Lipinski definition) is 1. The Morgan fingerprint density at radius 2 is 1.65 bits per heavy atom. The zero-order valence-electron chi connectivity index (χ0n) is 17.6. The molecule has 1 aliphatic carbocycles. The molecule has 0 atom stereocenters. The van der Waals surface area contributed by atoms with Gasteiger partial charge in [0.05, 0.1) is 14.2 Å². The molecule has 0 bridgehead atoms. The van der Waals surface area contributed by atoms with Crippen molar-refractivity contribution in [2.45, 2.75) is 12.8 Å². The van der Waals surface area contributed by atoms with Crippen molar-refractivity contribution in [3.8, 4) is 28.4 Å². The number of benzene rings is 3. The minimum atomic E-state index is -0.992. The molecule has 0 radical (unpaired) electrons. The van der Waals surface area contributed by atoms with Crippen LogP contribution in [0.25, 0.3) is 16.7 Å². The van der Waals surface area contributed by atoms with E-state index < -0.39 is 5.97 Å². The van der Waals surface area contributed by atoms with Crippen molar-refractivity contribution in [2.24, 2.45) is 0 Å². The third kappa shape index (κ3) is 4.56. The molecule has 0 heterocycles. The fourth-order valence-electron chi connectivity index (χ4n) is 3.95. The largest absolute Gasteiger partial charge is 0.497 e. The van der Waals surface area contributed by atoms with E-state index in [0.717, 1.165) is 41.0 Å². The Morgan fingerprint density at radius 3 is 2.29 bits per heavy atom. The predicted octanol–water partition coefficient (Wildman–Crippen LogP) is 5.02. The molecule has 5 nitrogen and oxygen atoms in total. The van der Waals surface area contributed by atoms with E-state index >= 15 is 0 Å². The molecule has 4 rings (SSSR count). The van der Waals surface area contributed by atoms with E-state index in [1.54, 1.807) is 14.2 Å². The van der Waals surface area contributed by atoms with Crippen molar-refractivity contribution in [3.05, 3.63) is 83.4 Å². The Bertz CT molecular complexity index is 1110. The lowest BCUT2D eigenvalue weighted by atomic mass is 9.91. The second-order valence-corrected chi connectivity index (χ2v) is 7.38. The minimum Gasteiger partial charge on any atom is -0.497 e. The first kappa shape index (κ1) is 20.5. The van der Waals surface area contributed by atoms with Crippen molar-refractivity contribution in [1.29, 1.82) is 0 Å². The van der Waals surface area contributed by atoms with Crippen LogP contribution in [-0.2, 0) is 17.6 Å². The number of carbonyl (C=O) groups is 1. The van der Waals surface area contributed by atoms with Crippen molar-refractivity contribution >= 4 is 11.5 Å². The van der Waals surface area contributed by atoms with Gasteiger partial charge < -0.3 is 19.3 Å². The van der Waals surface area contributed by atoms with Gasteiger partial charge in [-0.25, -0.2) is 4.79 Å². The van der Waals surface area contributed by atoms with E-state index in [-0.39, 0.29) is 6.61 Å². The molecule has 3 aromatic carbocycles. The first-order chi connectivity index (χ1) is 15.1. The van der Waals surface area contributed by atoms with Gasteiger partial charge >= 0.3 is 5.97 Å². The second-order valence-electron chi connectivity index (χ2n) is 7.38. The van der Waals surface area contributed by atoms with E-state index in [2.05, 4.69) is 24.3 Å². The summed E-state index contributed by atoms with van der Waals surface area (Å²) < 4.78 is 16.1. The molecule has 1 N–H and O–H groups in total. The van der Waals surface area contributed by atoms with E-state index in [9.17, 15) is 4.79 Å². The van der Waals surface area contributed by atoms with Crippen LogP contribution in [0.4, 0.5) is 0 Å². The van der Waals surface area contributed by atoms with E-state index in [1.807, 2.05) is 42.5 Å². The molecular formula is C26H24O5. The molecule has 0 amide bonds. The smallest absolute Gasteiger partial charge is 0.341 e. The summed E-state index contributed by atoms with van der Waals surface area (Å²) in [6.07, 6.45) is 3.96. The summed E-state index contributed by atoms with van der Waals surface area (Å²) in [6.45, 7) is -0.350. The highest BCUT2D eigenvalue weighted by atomic mass is 16.5. The standard InChI is InChI=1S/C26H24O5/c1-29-22-13-17(14-23(15-22)30-2)12-20-7-6-19-4-3-5-24(26(19)20)18-8-10-21(11-9-18)31-16-25(27)28/h3-5,7-11,13-15H,6,12,16H2,1-2H3,(H,27,28). The van der Waals surface area contributed by atoms with Gasteiger partial charge in [0.1, 0.15) is 17.2 Å². The van der Waals surface area contributed by atoms with Crippen molar-refractivity contribution in [3.63, 3.8) is 0 Å². The number of fused-ring (bicyclic) bond motifs is 1. The fraction of sp³-hybridized carbons (Fsp3) is 0.192. The molecule has 0 aliphatic heterocycles. The fourth-order valence-corrected chi connectivity index (χ4v) is 3.95. The zero-order chi connectivity index (χ0) is 21.8. The van der Waals surface area contributed by atoms with Gasteiger partial charge in [-0.1, -0.05) is 36.4 Å². The number of carboxylic acid groups (broad SMARTS) is 1. The molecule has 1 aliphatic rings. The van der Waals surface area contributed by atoms with Gasteiger partial charge in [-0.3, -0.25) is 0 Å². The normalized spacial score (nSPS) is 12.1. The molecule has 31 heavy (non-hydrogen) atoms. The van der Waals surface area contributed by atoms with Crippen molar-refractivity contribution in [1.82, 2.24) is 0 Å². The van der Waals surface area contributed by atoms with Gasteiger partial charge in [-0.05, 0) is 70.5 Å². The maximum Gasteiger partial charge on any atom is 0.341 e. The molecule has 158 valence electrons. The van der Waals surface area contributed by atoms with Gasteiger partial charge in [-0.15, -0.1) is 0 Å². The number of carboxylic acids is 1. The molecule has 3 aromatic rings. The lowest BCUT2D eigenvalue weighted by Gasteiger charge is -2.15. The monoisotopic (exact) mass is 416 g/mol. The van der Waals surface area contributed by atoms with Crippen molar-refractivity contribution in [2.75, 3.05) is 20.8 Å². The van der Waals surface area contributed by atoms with Crippen LogP contribution in [0.1, 0.15) is 16.7 Å². The number of hydrogen-bond acceptors (Lipinski definition) is 4. The Balaban J connectivity index is 1.63. The zero-order valence-corrected chi connectivity index (χ0v) is 17.6. The average Bonchev–Trinajstić information content (AvgIpc) is 3.20. The van der Waals surface area contributed by atoms with Gasteiger partial charge in [0, 0.05) is 6.07 Å². The summed E-state index contributed by atoms with van der Waals surface area (Å²) in [6, 6.07) is 19.9. The molecule has 0 aromatic heterocycles. The van der Waals surface area contributed by atoms with Crippen LogP contribution >= 0.6 is 0 Å². The number of aliphatic carboxylic acids is 1. The number of ether oxygens (including phenoxy) is 3. The Labute approximate surface area is 181 Å². The van der Waals surface area contributed by atoms with Crippen LogP contribution in [-0.4, -0.2) is 31.9 Å². The predicted molar refractivity (Wildman–Crippen MR) is 120 cm³/mol. The van der Waals surface area contributed by atoms with Gasteiger partial charge in [0.15, 0.2) is 6.61 Å². The topological polar surface area (TPSA) is 65.0 Å². The Hall–Kier alpha value is -3.73. The maximum atomic E-state index is 10.7. The first-order valence-corrected chi connectivity index (χ1v) is 10.1. The van der Waals surface area contributed by atoms with E-state index in [1.165, 1.54) is 16.7 Å². The number of rotatable bonds is 8. The van der Waals surface area contributed by atoms with Crippen LogP contribution in [0.15, 0.2) is 66.7 Å². The number of methoxy groups -OCH3 is 2. The molecule has 0 saturated heterocycles. The second kappa shape index (κ2) is 8.96. The molecule has 5 heteroatoms. The van der Waals surface area contributed by atoms with Crippen LogP contribution < -0.4 is 14.2 Å². The summed E-state index contributed by atoms with van der Waals surface area (Å²) in [5.41, 5.74) is 7.17. The van der Waals surface area contributed by atoms with Crippen molar-refractivity contribution < 1.29 is 24.1 Å². The summed E-state index contributed by atoms with van der Waals surface area (Å²) >= 11 is 0. The molecule has 0 spiro atoms. The Morgan fingerprint density at radius 1 is 0.935 bits per heavy atom. The highest BCUT2D eigenvalue weighted by molar-refractivity contribution is 5.87. The van der Waals surface area contributed by atoms with Crippen LogP contribution in [0.2, 0.25) is 0 Å². The quantitative estimate of drug-likeness (QED) is 0.559. The summed E-state index contributed by atoms with van der Waals surface area (Å²) in [5, 5.41) is 8.78. The summed E-state index contributed by atoms with van der Waals surface area (Å²) in [5.74, 6) is 1.10. The molecular weight excluding hydrogens is 392 g/mol. The van der Waals surface area contributed by atoms with E-state index in [0.29, 0.717) is 5.75 Å². The molecule has 0 unspecified atom stereocenters. The first-order valence-electron chi connectivity index (χ1n) is 10.1. The van der Waals surface area contributed by atoms with E-state index in [4.69, 9.17) is 19.3 Å². The lowest BCUT2D eigenvalue weighted by molar-refractivity contribution is -0.139. The van der Waals surface area contributed by atoms with Crippen LogP contribution in [0, 0.1) is 0 Å². The van der Waals surface area contributed by atoms with Gasteiger partial charge in [0.2, 0.25) is 0 Å². The summed E-state index contributed by atoms with van der Waals surface area (Å²) in [4.78, 5) is 10.7. The summed E-state index contributed by atoms with van der Waals surface area (Å²) in [7, 11) is 3.31. The molecule has 0 fully saturated rings.